The van der Waals surface area contributed by atoms with Gasteiger partial charge in [0, 0.05) is 17.5 Å². The van der Waals surface area contributed by atoms with E-state index in [1.807, 2.05) is 37.4 Å². The van der Waals surface area contributed by atoms with Crippen LogP contribution in [0.4, 0.5) is 0 Å². The number of likely N-dealkylation sites (N-methyl/N-ethyl adjacent to an activating group) is 1. The highest BCUT2D eigenvalue weighted by atomic mass is 35.5. The van der Waals surface area contributed by atoms with Crippen LogP contribution < -0.4 is 5.32 Å². The van der Waals surface area contributed by atoms with E-state index in [1.54, 1.807) is 6.26 Å². The third kappa shape index (κ3) is 2.65. The van der Waals surface area contributed by atoms with E-state index in [2.05, 4.69) is 11.4 Å². The zero-order chi connectivity index (χ0) is 11.4. The van der Waals surface area contributed by atoms with Gasteiger partial charge in [-0.1, -0.05) is 23.7 Å². The molecule has 0 saturated carbocycles. The Bertz CT molecular complexity index is 439. The molecule has 1 aromatic heterocycles. The van der Waals surface area contributed by atoms with Crippen molar-refractivity contribution < 1.29 is 4.42 Å². The first-order valence-electron chi connectivity index (χ1n) is 5.24. The Morgan fingerprint density at radius 2 is 2.19 bits per heavy atom. The van der Waals surface area contributed by atoms with Gasteiger partial charge in [-0.05, 0) is 36.9 Å². The minimum Gasteiger partial charge on any atom is -0.469 e. The van der Waals surface area contributed by atoms with Crippen molar-refractivity contribution in [3.05, 3.63) is 59.0 Å². The number of benzene rings is 1. The smallest absolute Gasteiger partial charge is 0.105 e. The number of halogens is 1. The molecule has 0 radical (unpaired) electrons. The molecular weight excluding hydrogens is 222 g/mol. The molecule has 16 heavy (non-hydrogen) atoms. The molecule has 2 aromatic rings. The fourth-order valence-corrected chi connectivity index (χ4v) is 1.94. The Kier molecular flexibility index (Phi) is 3.65. The summed E-state index contributed by atoms with van der Waals surface area (Å²) in [4.78, 5) is 0. The number of hydrogen-bond donors (Lipinski definition) is 1. The minimum absolute atomic E-state index is 0.227. The zero-order valence-corrected chi connectivity index (χ0v) is 9.87. The van der Waals surface area contributed by atoms with Gasteiger partial charge < -0.3 is 9.73 Å². The van der Waals surface area contributed by atoms with Crippen LogP contribution in [0, 0.1) is 0 Å². The van der Waals surface area contributed by atoms with Crippen molar-refractivity contribution >= 4 is 11.6 Å². The lowest BCUT2D eigenvalue weighted by atomic mass is 10.0. The Hall–Kier alpha value is -1.25. The number of furan rings is 1. The van der Waals surface area contributed by atoms with Crippen LogP contribution in [-0.2, 0) is 6.42 Å². The van der Waals surface area contributed by atoms with Crippen molar-refractivity contribution in [1.29, 1.82) is 0 Å². The van der Waals surface area contributed by atoms with Crippen LogP contribution in [0.25, 0.3) is 0 Å². The van der Waals surface area contributed by atoms with Crippen LogP contribution >= 0.6 is 11.6 Å². The summed E-state index contributed by atoms with van der Waals surface area (Å²) in [6, 6.07) is 12.0. The van der Waals surface area contributed by atoms with E-state index >= 15 is 0 Å². The second-order valence-corrected chi connectivity index (χ2v) is 4.12. The molecule has 1 aromatic carbocycles. The van der Waals surface area contributed by atoms with Crippen molar-refractivity contribution in [2.45, 2.75) is 12.5 Å². The molecule has 1 heterocycles. The van der Waals surface area contributed by atoms with Crippen molar-refractivity contribution in [1.82, 2.24) is 5.32 Å². The molecule has 0 aliphatic carbocycles. The average molecular weight is 236 g/mol. The first-order chi connectivity index (χ1) is 7.79. The first-order valence-corrected chi connectivity index (χ1v) is 5.62. The monoisotopic (exact) mass is 235 g/mol. The topological polar surface area (TPSA) is 25.2 Å². The third-order valence-corrected chi connectivity index (χ3v) is 2.82. The maximum atomic E-state index is 5.98. The molecule has 0 aliphatic heterocycles. The van der Waals surface area contributed by atoms with E-state index in [0.717, 1.165) is 17.2 Å². The minimum atomic E-state index is 0.227. The number of hydrogen-bond acceptors (Lipinski definition) is 2. The Morgan fingerprint density at radius 1 is 1.31 bits per heavy atom. The Labute approximate surface area is 100 Å². The summed E-state index contributed by atoms with van der Waals surface area (Å²) in [6.07, 6.45) is 2.52. The summed E-state index contributed by atoms with van der Waals surface area (Å²) in [6.45, 7) is 0. The Morgan fingerprint density at radius 3 is 2.81 bits per heavy atom. The summed E-state index contributed by atoms with van der Waals surface area (Å²) >= 11 is 5.98. The molecule has 1 unspecified atom stereocenters. The van der Waals surface area contributed by atoms with Gasteiger partial charge in [-0.15, -0.1) is 0 Å². The molecule has 1 atom stereocenters. The molecule has 84 valence electrons. The quantitative estimate of drug-likeness (QED) is 0.878. The van der Waals surface area contributed by atoms with Crippen LogP contribution in [0.5, 0.6) is 0 Å². The molecule has 0 fully saturated rings. The molecular formula is C13H14ClNO. The lowest BCUT2D eigenvalue weighted by molar-refractivity contribution is 0.466. The predicted octanol–water partition coefficient (Wildman–Crippen LogP) is 3.44. The Balaban J connectivity index is 2.16. The maximum Gasteiger partial charge on any atom is 0.105 e. The molecule has 2 rings (SSSR count). The van der Waals surface area contributed by atoms with Gasteiger partial charge in [0.1, 0.15) is 5.76 Å². The molecule has 0 amide bonds. The van der Waals surface area contributed by atoms with Crippen LogP contribution in [0.1, 0.15) is 17.4 Å². The highest BCUT2D eigenvalue weighted by Crippen LogP contribution is 2.21. The van der Waals surface area contributed by atoms with Gasteiger partial charge in [0.05, 0.1) is 6.26 Å². The summed E-state index contributed by atoms with van der Waals surface area (Å²) in [7, 11) is 1.94. The van der Waals surface area contributed by atoms with Crippen molar-refractivity contribution in [2.24, 2.45) is 0 Å². The van der Waals surface area contributed by atoms with E-state index < -0.39 is 0 Å². The number of nitrogens with one attached hydrogen (secondary N) is 1. The van der Waals surface area contributed by atoms with E-state index in [9.17, 15) is 0 Å². The zero-order valence-electron chi connectivity index (χ0n) is 9.11. The van der Waals surface area contributed by atoms with Crippen molar-refractivity contribution in [2.75, 3.05) is 7.05 Å². The summed E-state index contributed by atoms with van der Waals surface area (Å²) < 4.78 is 5.34. The molecule has 3 heteroatoms. The summed E-state index contributed by atoms with van der Waals surface area (Å²) in [5.41, 5.74) is 1.17. The van der Waals surface area contributed by atoms with Crippen LogP contribution in [0.3, 0.4) is 0 Å². The van der Waals surface area contributed by atoms with Gasteiger partial charge in [-0.2, -0.15) is 0 Å². The fraction of sp³-hybridized carbons (Fsp3) is 0.231. The highest BCUT2D eigenvalue weighted by Gasteiger charge is 2.11. The van der Waals surface area contributed by atoms with E-state index in [4.69, 9.17) is 16.0 Å². The fourth-order valence-electron chi connectivity index (χ4n) is 1.74. The van der Waals surface area contributed by atoms with Gasteiger partial charge in [0.2, 0.25) is 0 Å². The molecule has 0 aliphatic rings. The molecule has 0 spiro atoms. The third-order valence-electron chi connectivity index (χ3n) is 2.58. The molecule has 0 bridgehead atoms. The second kappa shape index (κ2) is 5.19. The predicted molar refractivity (Wildman–Crippen MR) is 65.7 cm³/mol. The number of rotatable bonds is 4. The largest absolute Gasteiger partial charge is 0.469 e. The summed E-state index contributed by atoms with van der Waals surface area (Å²) in [5.74, 6) is 0.972. The van der Waals surface area contributed by atoms with Gasteiger partial charge in [-0.3, -0.25) is 0 Å². The van der Waals surface area contributed by atoms with Crippen LogP contribution in [0.15, 0.2) is 47.1 Å². The SMILES string of the molecule is CNC(Cc1ccco1)c1cccc(Cl)c1. The lowest BCUT2D eigenvalue weighted by Crippen LogP contribution is -2.18. The average Bonchev–Trinajstić information content (AvgIpc) is 2.78. The van der Waals surface area contributed by atoms with Gasteiger partial charge in [-0.25, -0.2) is 0 Å². The van der Waals surface area contributed by atoms with E-state index in [-0.39, 0.29) is 6.04 Å². The highest BCUT2D eigenvalue weighted by molar-refractivity contribution is 6.30. The van der Waals surface area contributed by atoms with Gasteiger partial charge in [0.25, 0.3) is 0 Å². The van der Waals surface area contributed by atoms with Crippen molar-refractivity contribution in [3.63, 3.8) is 0 Å². The van der Waals surface area contributed by atoms with Gasteiger partial charge >= 0.3 is 0 Å². The van der Waals surface area contributed by atoms with Crippen molar-refractivity contribution in [3.8, 4) is 0 Å². The first kappa shape index (κ1) is 11.2. The second-order valence-electron chi connectivity index (χ2n) is 3.68. The van der Waals surface area contributed by atoms with Gasteiger partial charge in [0.15, 0.2) is 0 Å². The normalized spacial score (nSPS) is 12.6. The van der Waals surface area contributed by atoms with E-state index in [0.29, 0.717) is 0 Å². The molecule has 2 nitrogen and oxygen atoms in total. The standard InChI is InChI=1S/C13H14ClNO/c1-15-13(9-12-6-3-7-16-12)10-4-2-5-11(14)8-10/h2-8,13,15H,9H2,1H3. The maximum absolute atomic E-state index is 5.98. The lowest BCUT2D eigenvalue weighted by Gasteiger charge is -2.15. The molecule has 0 saturated heterocycles. The van der Waals surface area contributed by atoms with Crippen LogP contribution in [0.2, 0.25) is 5.02 Å². The molecule has 1 N–H and O–H groups in total. The van der Waals surface area contributed by atoms with E-state index in [1.165, 1.54) is 5.56 Å². The van der Waals surface area contributed by atoms with Crippen LogP contribution in [-0.4, -0.2) is 7.05 Å². The summed E-state index contributed by atoms with van der Waals surface area (Å²) in [5, 5.41) is 4.03.